The smallest absolute Gasteiger partial charge is 0.446 e. The van der Waals surface area contributed by atoms with Crippen LogP contribution in [-0.2, 0) is 6.18 Å². The molecule has 0 aliphatic carbocycles. The lowest BCUT2D eigenvalue weighted by molar-refractivity contribution is -0.144. The van der Waals surface area contributed by atoms with Crippen molar-refractivity contribution in [3.8, 4) is 0 Å². The van der Waals surface area contributed by atoms with Gasteiger partial charge in [0.1, 0.15) is 5.52 Å². The number of halogens is 4. The average Bonchev–Trinajstić information content (AvgIpc) is 2.41. The number of alkyl halides is 3. The molecule has 0 amide bonds. The molecule has 0 atom stereocenters. The molecule has 3 nitrogen and oxygen atoms in total. The lowest BCUT2D eigenvalue weighted by Gasteiger charge is -2.02. The number of nitrogens with zero attached hydrogens (tertiary/aromatic N) is 2. The van der Waals surface area contributed by atoms with Gasteiger partial charge in [-0.25, -0.2) is 9.97 Å². The van der Waals surface area contributed by atoms with Crippen molar-refractivity contribution in [1.82, 2.24) is 9.97 Å². The summed E-state index contributed by atoms with van der Waals surface area (Å²) in [7, 11) is 0. The maximum atomic E-state index is 12.2. The first-order valence-electron chi connectivity index (χ1n) is 3.46. The quantitative estimate of drug-likeness (QED) is 0.736. The molecule has 2 aromatic heterocycles. The highest BCUT2D eigenvalue weighted by Gasteiger charge is 2.34. The normalized spacial score (nSPS) is 12.3. The summed E-state index contributed by atoms with van der Waals surface area (Å²) < 4.78 is 41.7. The fraction of sp³-hybridized carbons (Fsp3) is 0.143. The van der Waals surface area contributed by atoms with E-state index in [4.69, 9.17) is 4.42 Å². The van der Waals surface area contributed by atoms with Crippen LogP contribution in [0.25, 0.3) is 11.1 Å². The molecule has 0 bridgehead atoms. The van der Waals surface area contributed by atoms with Crippen LogP contribution in [0.1, 0.15) is 5.82 Å². The number of furan rings is 1. The van der Waals surface area contributed by atoms with E-state index in [1.165, 1.54) is 6.07 Å². The second-order valence-corrected chi connectivity index (χ2v) is 3.27. The van der Waals surface area contributed by atoms with Gasteiger partial charge in [0.05, 0.1) is 6.20 Å². The standard InChI is InChI=1S/C7H2BrF3N2O/c8-5-1-3-4(14-5)2-12-6(13-3)7(9,10)11/h1-2H. The largest absolute Gasteiger partial charge is 0.451 e. The number of fused-ring (bicyclic) bond motifs is 1. The Morgan fingerprint density at radius 1 is 1.36 bits per heavy atom. The van der Waals surface area contributed by atoms with E-state index >= 15 is 0 Å². The molecule has 0 saturated carbocycles. The fourth-order valence-corrected chi connectivity index (χ4v) is 1.34. The predicted molar refractivity (Wildman–Crippen MR) is 44.5 cm³/mol. The van der Waals surface area contributed by atoms with Crippen LogP contribution in [0.15, 0.2) is 21.3 Å². The van der Waals surface area contributed by atoms with Crippen LogP contribution in [0.4, 0.5) is 13.2 Å². The van der Waals surface area contributed by atoms with Gasteiger partial charge in [0.2, 0.25) is 5.82 Å². The van der Waals surface area contributed by atoms with E-state index in [1.54, 1.807) is 0 Å². The Morgan fingerprint density at radius 3 is 2.71 bits per heavy atom. The minimum Gasteiger partial charge on any atom is -0.446 e. The molecule has 74 valence electrons. The Kier molecular flexibility index (Phi) is 1.99. The molecule has 0 spiro atoms. The Hall–Kier alpha value is -1.11. The molecular formula is C7H2BrF3N2O. The van der Waals surface area contributed by atoms with E-state index in [2.05, 4.69) is 25.9 Å². The topological polar surface area (TPSA) is 38.9 Å². The molecule has 0 N–H and O–H groups in total. The highest BCUT2D eigenvalue weighted by Crippen LogP contribution is 2.28. The first-order valence-corrected chi connectivity index (χ1v) is 4.25. The molecule has 0 radical (unpaired) electrons. The minimum absolute atomic E-state index is 0.124. The van der Waals surface area contributed by atoms with Crippen molar-refractivity contribution in [3.63, 3.8) is 0 Å². The highest BCUT2D eigenvalue weighted by molar-refractivity contribution is 9.10. The van der Waals surface area contributed by atoms with Gasteiger partial charge in [0.15, 0.2) is 10.3 Å². The molecule has 7 heteroatoms. The summed E-state index contributed by atoms with van der Waals surface area (Å²) in [6.45, 7) is 0. The van der Waals surface area contributed by atoms with Crippen molar-refractivity contribution >= 4 is 27.0 Å². The summed E-state index contributed by atoms with van der Waals surface area (Å²) >= 11 is 2.98. The molecule has 0 aliphatic heterocycles. The van der Waals surface area contributed by atoms with Crippen LogP contribution in [0.3, 0.4) is 0 Å². The minimum atomic E-state index is -4.53. The van der Waals surface area contributed by atoms with Gasteiger partial charge in [0.25, 0.3) is 0 Å². The predicted octanol–water partition coefficient (Wildman–Crippen LogP) is 3.00. The Labute approximate surface area is 84.1 Å². The van der Waals surface area contributed by atoms with E-state index < -0.39 is 12.0 Å². The first-order chi connectivity index (χ1) is 6.47. The Balaban J connectivity index is 2.62. The van der Waals surface area contributed by atoms with Crippen molar-refractivity contribution in [2.75, 3.05) is 0 Å². The van der Waals surface area contributed by atoms with Crippen LogP contribution in [0.2, 0.25) is 0 Å². The number of hydrogen-bond acceptors (Lipinski definition) is 3. The third-order valence-electron chi connectivity index (χ3n) is 1.49. The monoisotopic (exact) mass is 266 g/mol. The number of hydrogen-bond donors (Lipinski definition) is 0. The third-order valence-corrected chi connectivity index (χ3v) is 1.88. The molecule has 2 aromatic rings. The van der Waals surface area contributed by atoms with Gasteiger partial charge in [0, 0.05) is 6.07 Å². The highest BCUT2D eigenvalue weighted by atomic mass is 79.9. The van der Waals surface area contributed by atoms with Crippen molar-refractivity contribution in [1.29, 1.82) is 0 Å². The fourth-order valence-electron chi connectivity index (χ4n) is 0.945. The van der Waals surface area contributed by atoms with Gasteiger partial charge in [-0.2, -0.15) is 13.2 Å². The molecule has 0 aromatic carbocycles. The third kappa shape index (κ3) is 1.59. The maximum absolute atomic E-state index is 12.2. The van der Waals surface area contributed by atoms with Crippen molar-refractivity contribution in [2.45, 2.75) is 6.18 Å². The van der Waals surface area contributed by atoms with Gasteiger partial charge in [-0.05, 0) is 15.9 Å². The summed E-state index contributed by atoms with van der Waals surface area (Å²) in [5.74, 6) is -1.17. The van der Waals surface area contributed by atoms with Crippen molar-refractivity contribution < 1.29 is 17.6 Å². The van der Waals surface area contributed by atoms with Crippen LogP contribution >= 0.6 is 15.9 Å². The zero-order valence-corrected chi connectivity index (χ0v) is 8.06. The maximum Gasteiger partial charge on any atom is 0.451 e. The molecule has 0 unspecified atom stereocenters. The summed E-state index contributed by atoms with van der Waals surface area (Å²) in [4.78, 5) is 6.45. The van der Waals surface area contributed by atoms with E-state index in [9.17, 15) is 13.2 Å². The summed E-state index contributed by atoms with van der Waals surface area (Å²) in [5.41, 5.74) is 0.337. The van der Waals surface area contributed by atoms with E-state index in [-0.39, 0.29) is 11.1 Å². The van der Waals surface area contributed by atoms with E-state index in [0.717, 1.165) is 6.20 Å². The van der Waals surface area contributed by atoms with Crippen molar-refractivity contribution in [2.24, 2.45) is 0 Å². The van der Waals surface area contributed by atoms with Crippen LogP contribution in [0.5, 0.6) is 0 Å². The number of aromatic nitrogens is 2. The molecule has 2 rings (SSSR count). The zero-order chi connectivity index (χ0) is 10.3. The summed E-state index contributed by atoms with van der Waals surface area (Å²) in [6.07, 6.45) is -3.53. The SMILES string of the molecule is FC(F)(F)c1ncc2oc(Br)cc2n1. The number of rotatable bonds is 0. The molecule has 2 heterocycles. The van der Waals surface area contributed by atoms with Crippen molar-refractivity contribution in [3.05, 3.63) is 22.8 Å². The van der Waals surface area contributed by atoms with Crippen LogP contribution in [0, 0.1) is 0 Å². The summed E-state index contributed by atoms with van der Waals surface area (Å²) in [5, 5.41) is 0. The lowest BCUT2D eigenvalue weighted by atomic mass is 10.4. The zero-order valence-electron chi connectivity index (χ0n) is 6.47. The van der Waals surface area contributed by atoms with Gasteiger partial charge in [-0.3, -0.25) is 0 Å². The second-order valence-electron chi connectivity index (χ2n) is 2.49. The molecular weight excluding hydrogens is 265 g/mol. The van der Waals surface area contributed by atoms with Gasteiger partial charge in [-0.1, -0.05) is 0 Å². The molecule has 0 saturated heterocycles. The Bertz CT molecular complexity index is 479. The van der Waals surface area contributed by atoms with Gasteiger partial charge in [-0.15, -0.1) is 0 Å². The lowest BCUT2D eigenvalue weighted by Crippen LogP contribution is -2.10. The average molecular weight is 267 g/mol. The van der Waals surface area contributed by atoms with E-state index in [1.807, 2.05) is 0 Å². The van der Waals surface area contributed by atoms with E-state index in [0.29, 0.717) is 4.67 Å². The molecule has 14 heavy (non-hydrogen) atoms. The first kappa shape index (κ1) is 9.45. The Morgan fingerprint density at radius 2 is 2.07 bits per heavy atom. The summed E-state index contributed by atoms with van der Waals surface area (Å²) in [6, 6.07) is 1.35. The molecule has 0 aliphatic rings. The van der Waals surface area contributed by atoms with Gasteiger partial charge >= 0.3 is 6.18 Å². The second kappa shape index (κ2) is 2.94. The van der Waals surface area contributed by atoms with Crippen LogP contribution in [-0.4, -0.2) is 9.97 Å². The van der Waals surface area contributed by atoms with Gasteiger partial charge < -0.3 is 4.42 Å². The molecule has 0 fully saturated rings. The van der Waals surface area contributed by atoms with Crippen LogP contribution < -0.4 is 0 Å².